The summed E-state index contributed by atoms with van der Waals surface area (Å²) in [6.07, 6.45) is -2.29. The predicted molar refractivity (Wildman–Crippen MR) is 176 cm³/mol. The zero-order chi connectivity index (χ0) is 39.1. The number of nitrogens with one attached hydrogen (secondary N) is 6. The van der Waals surface area contributed by atoms with E-state index in [2.05, 4.69) is 44.1 Å². The Morgan fingerprint density at radius 1 is 0.510 bits per heavy atom. The average molecular weight is 751 g/mol. The van der Waals surface area contributed by atoms with E-state index in [9.17, 15) is 63.3 Å². The normalized spacial score (nSPS) is 13.6. The Kier molecular flexibility index (Phi) is 22.6. The summed E-state index contributed by atoms with van der Waals surface area (Å²) in [7, 11) is 0. The third-order valence-corrected chi connectivity index (χ3v) is 7.44. The van der Waals surface area contributed by atoms with Crippen LogP contribution in [0.1, 0.15) is 84.0 Å². The maximum atomic E-state index is 12.5. The van der Waals surface area contributed by atoms with Crippen LogP contribution < -0.4 is 31.3 Å². The van der Waals surface area contributed by atoms with Gasteiger partial charge in [0.15, 0.2) is 0 Å². The van der Waals surface area contributed by atoms with E-state index in [4.69, 9.17) is 10.2 Å². The van der Waals surface area contributed by atoms with Crippen LogP contribution in [0.15, 0.2) is 0 Å². The number of carbonyl (C=O) groups excluding carboxylic acids is 5. The van der Waals surface area contributed by atoms with E-state index >= 15 is 0 Å². The van der Waals surface area contributed by atoms with E-state index in [1.165, 1.54) is 0 Å². The van der Waals surface area contributed by atoms with Gasteiger partial charge in [0, 0.05) is 45.2 Å². The summed E-state index contributed by atoms with van der Waals surface area (Å²) in [6, 6.07) is -6.41. The first-order valence-electron chi connectivity index (χ1n) is 15.8. The second-order valence-electron chi connectivity index (χ2n) is 11.4. The van der Waals surface area contributed by atoms with Gasteiger partial charge in [0.1, 0.15) is 24.2 Å². The molecule has 21 nitrogen and oxygen atoms in total. The highest BCUT2D eigenvalue weighted by Gasteiger charge is 2.26. The lowest BCUT2D eigenvalue weighted by Gasteiger charge is -2.19. The van der Waals surface area contributed by atoms with Crippen molar-refractivity contribution < 1.29 is 73.5 Å². The number of amides is 5. The third kappa shape index (κ3) is 22.4. The molecule has 0 aromatic heterocycles. The molecule has 0 fully saturated rings. The zero-order valence-electron chi connectivity index (χ0n) is 27.8. The molecule has 5 unspecified atom stereocenters. The first-order chi connectivity index (χ1) is 23.9. The topological polar surface area (TPSA) is 344 Å². The first-order valence-corrected chi connectivity index (χ1v) is 16.2. The first kappa shape index (κ1) is 46.0. The monoisotopic (exact) mass is 750 g/mol. The third-order valence-electron chi connectivity index (χ3n) is 7.12. The molecule has 0 bridgehead atoms. The molecule has 51 heavy (non-hydrogen) atoms. The summed E-state index contributed by atoms with van der Waals surface area (Å²) in [5, 5.41) is 57.6. The van der Waals surface area contributed by atoms with Gasteiger partial charge in [-0.15, -0.1) is 0 Å². The predicted octanol–water partition coefficient (Wildman–Crippen LogP) is -2.03. The summed E-state index contributed by atoms with van der Waals surface area (Å²) >= 11 is 3.74. The highest BCUT2D eigenvalue weighted by Crippen LogP contribution is 2.08. The van der Waals surface area contributed by atoms with Crippen LogP contribution in [0.5, 0.6) is 0 Å². The van der Waals surface area contributed by atoms with E-state index in [-0.39, 0.29) is 32.2 Å². The number of unbranched alkanes of at least 4 members (excludes halogenated alkanes) is 1. The van der Waals surface area contributed by atoms with Crippen molar-refractivity contribution in [3.8, 4) is 0 Å². The lowest BCUT2D eigenvalue weighted by atomic mass is 10.1. The van der Waals surface area contributed by atoms with Crippen molar-refractivity contribution >= 4 is 72.2 Å². The van der Waals surface area contributed by atoms with Gasteiger partial charge in [-0.2, -0.15) is 0 Å². The Labute approximate surface area is 297 Å². The Balaban J connectivity index is 4.87. The summed E-state index contributed by atoms with van der Waals surface area (Å²) in [4.78, 5) is 117. The van der Waals surface area contributed by atoms with Crippen molar-refractivity contribution in [2.24, 2.45) is 0 Å². The van der Waals surface area contributed by atoms with Crippen LogP contribution in [0, 0.1) is 0 Å². The molecular formula is C29H46N6O15S. The molecule has 0 aromatic carbocycles. The van der Waals surface area contributed by atoms with Gasteiger partial charge in [-0.05, 0) is 44.9 Å². The molecule has 5 atom stereocenters. The molecule has 0 radical (unpaired) electrons. The number of carboxylic acids is 5. The molecule has 0 rings (SSSR count). The SMILES string of the molecule is CC(=O)NC(CCC(=O)NC(CCC(=O)NC(CCC(=O)NC(CCC(=O)NCCCCC(NS)C(=O)O)CC(=O)O)C(=O)O)C(=O)O)C(=O)O. The largest absolute Gasteiger partial charge is 0.481 e. The highest BCUT2D eigenvalue weighted by molar-refractivity contribution is 7.78. The summed E-state index contributed by atoms with van der Waals surface area (Å²) in [6.45, 7) is 1.31. The van der Waals surface area contributed by atoms with E-state index in [1.54, 1.807) is 0 Å². The molecule has 0 aliphatic heterocycles. The number of aliphatic carboxylic acids is 5. The van der Waals surface area contributed by atoms with Crippen molar-refractivity contribution in [3.63, 3.8) is 0 Å². The lowest BCUT2D eigenvalue weighted by Crippen LogP contribution is -2.45. The number of thiol groups is 1. The minimum atomic E-state index is -1.60. The quantitative estimate of drug-likeness (QED) is 0.0303. The fraction of sp³-hybridized carbons (Fsp3) is 0.655. The smallest absolute Gasteiger partial charge is 0.326 e. The molecule has 0 saturated carbocycles. The van der Waals surface area contributed by atoms with Gasteiger partial charge in [-0.25, -0.2) is 14.4 Å². The zero-order valence-corrected chi connectivity index (χ0v) is 28.7. The van der Waals surface area contributed by atoms with E-state index in [0.717, 1.165) is 6.92 Å². The molecule has 5 amide bonds. The Hall–Kier alpha value is -4.99. The van der Waals surface area contributed by atoms with E-state index < -0.39 is 128 Å². The fourth-order valence-electron chi connectivity index (χ4n) is 4.45. The van der Waals surface area contributed by atoms with E-state index in [1.807, 2.05) is 0 Å². The van der Waals surface area contributed by atoms with Gasteiger partial charge in [-0.3, -0.25) is 38.3 Å². The Morgan fingerprint density at radius 2 is 0.922 bits per heavy atom. The Bertz CT molecular complexity index is 1270. The fourth-order valence-corrected chi connectivity index (χ4v) is 4.69. The minimum Gasteiger partial charge on any atom is -0.481 e. The molecular weight excluding hydrogens is 704 g/mol. The highest BCUT2D eigenvalue weighted by atomic mass is 32.1. The second kappa shape index (κ2) is 25.0. The van der Waals surface area contributed by atoms with Gasteiger partial charge in [0.2, 0.25) is 29.5 Å². The molecule has 288 valence electrons. The number of carbonyl (C=O) groups is 10. The molecule has 0 saturated heterocycles. The van der Waals surface area contributed by atoms with E-state index in [0.29, 0.717) is 12.8 Å². The maximum absolute atomic E-state index is 12.5. The van der Waals surface area contributed by atoms with Crippen molar-refractivity contribution in [2.45, 2.75) is 114 Å². The molecule has 0 aliphatic rings. The van der Waals surface area contributed by atoms with Crippen LogP contribution >= 0.6 is 12.8 Å². The van der Waals surface area contributed by atoms with Crippen LogP contribution in [0.4, 0.5) is 0 Å². The van der Waals surface area contributed by atoms with Crippen molar-refractivity contribution in [3.05, 3.63) is 0 Å². The van der Waals surface area contributed by atoms with Crippen molar-refractivity contribution in [2.75, 3.05) is 6.54 Å². The molecule has 0 aliphatic carbocycles. The number of rotatable bonds is 28. The van der Waals surface area contributed by atoms with Gasteiger partial charge in [-0.1, -0.05) is 12.8 Å². The number of hydrogen-bond donors (Lipinski definition) is 12. The standard InChI is InChI=1S/C29H46N6O15S/c1-15(36)31-17(26(43)44)6-11-23(39)34-19(28(47)48)8-12-24(40)33-18(27(45)46)7-10-22(38)32-16(14-25(41)42)5-9-21(37)30-13-3-2-4-20(35-51)29(49)50/h16-20,35,51H,2-14H2,1H3,(H,30,37)(H,31,36)(H,32,38)(H,33,40)(H,34,39)(H,41,42)(H,43,44)(H,45,46)(H,47,48)(H,49,50). The van der Waals surface area contributed by atoms with Crippen LogP contribution in [0.2, 0.25) is 0 Å². The van der Waals surface area contributed by atoms with Gasteiger partial charge in [0.25, 0.3) is 0 Å². The van der Waals surface area contributed by atoms with Crippen LogP contribution in [-0.4, -0.2) is 122 Å². The average Bonchev–Trinajstić information content (AvgIpc) is 3.02. The van der Waals surface area contributed by atoms with Crippen molar-refractivity contribution in [1.82, 2.24) is 31.3 Å². The minimum absolute atomic E-state index is 0.0651. The Morgan fingerprint density at radius 3 is 1.31 bits per heavy atom. The number of hydrogen-bond acceptors (Lipinski definition) is 12. The van der Waals surface area contributed by atoms with Gasteiger partial charge in [0.05, 0.1) is 6.42 Å². The van der Waals surface area contributed by atoms with Gasteiger partial charge < -0.3 is 52.1 Å². The summed E-state index contributed by atoms with van der Waals surface area (Å²) in [5.74, 6) is -10.4. The lowest BCUT2D eigenvalue weighted by molar-refractivity contribution is -0.144. The second-order valence-corrected chi connectivity index (χ2v) is 11.6. The molecule has 22 heteroatoms. The summed E-state index contributed by atoms with van der Waals surface area (Å²) in [5.41, 5.74) is 0. The molecule has 0 heterocycles. The summed E-state index contributed by atoms with van der Waals surface area (Å²) < 4.78 is 2.35. The van der Waals surface area contributed by atoms with Gasteiger partial charge >= 0.3 is 29.8 Å². The molecule has 0 spiro atoms. The molecule has 0 aromatic rings. The van der Waals surface area contributed by atoms with Crippen molar-refractivity contribution in [1.29, 1.82) is 0 Å². The van der Waals surface area contributed by atoms with Crippen LogP contribution in [-0.2, 0) is 47.9 Å². The maximum Gasteiger partial charge on any atom is 0.326 e. The van der Waals surface area contributed by atoms with Crippen LogP contribution in [0.3, 0.4) is 0 Å². The van der Waals surface area contributed by atoms with Crippen LogP contribution in [0.25, 0.3) is 0 Å². The molecule has 11 N–H and O–H groups in total. The number of carboxylic acid groups (broad SMARTS) is 5.